The number of benzene rings is 2. The van der Waals surface area contributed by atoms with Crippen LogP contribution in [0.25, 0.3) is 6.08 Å². The molecule has 28 heavy (non-hydrogen) atoms. The highest BCUT2D eigenvalue weighted by Crippen LogP contribution is 2.35. The number of carbonyl (C=O) groups is 1. The third kappa shape index (κ3) is 4.34. The number of likely N-dealkylation sites (N-methyl/N-ethyl adjacent to an activating group) is 1. The molecule has 1 heterocycles. The summed E-state index contributed by atoms with van der Waals surface area (Å²) in [5, 5.41) is 3.32. The Kier molecular flexibility index (Phi) is 6.31. The van der Waals surface area contributed by atoms with E-state index >= 15 is 0 Å². The summed E-state index contributed by atoms with van der Waals surface area (Å²) in [5.41, 5.74) is 1.97. The van der Waals surface area contributed by atoms with E-state index in [1.165, 1.54) is 24.1 Å². The van der Waals surface area contributed by atoms with Crippen LogP contribution in [0.3, 0.4) is 0 Å². The van der Waals surface area contributed by atoms with Gasteiger partial charge in [0.25, 0.3) is 5.91 Å². The molecule has 1 amide bonds. The van der Waals surface area contributed by atoms with Crippen LogP contribution in [0.1, 0.15) is 18.1 Å². The van der Waals surface area contributed by atoms with E-state index in [0.717, 1.165) is 15.6 Å². The van der Waals surface area contributed by atoms with Gasteiger partial charge in [-0.25, -0.2) is 4.39 Å². The van der Waals surface area contributed by atoms with Crippen LogP contribution in [0, 0.1) is 5.82 Å². The lowest BCUT2D eigenvalue weighted by atomic mass is 10.1. The highest BCUT2D eigenvalue weighted by molar-refractivity contribution is 9.10. The predicted molar refractivity (Wildman–Crippen MR) is 113 cm³/mol. The maximum absolute atomic E-state index is 13.0. The molecule has 146 valence electrons. The molecule has 1 aliphatic heterocycles. The van der Waals surface area contributed by atoms with Gasteiger partial charge in [0.1, 0.15) is 18.1 Å². The highest BCUT2D eigenvalue weighted by atomic mass is 79.9. The van der Waals surface area contributed by atoms with Gasteiger partial charge in [-0.15, -0.1) is 0 Å². The molecule has 5 nitrogen and oxygen atoms in total. The molecule has 0 radical (unpaired) electrons. The lowest BCUT2D eigenvalue weighted by Crippen LogP contribution is -2.30. The number of carbonyl (C=O) groups excluding carboxylic acids is 1. The average molecular weight is 465 g/mol. The summed E-state index contributed by atoms with van der Waals surface area (Å²) in [7, 11) is 1.54. The number of nitrogens with one attached hydrogen (secondary N) is 1. The minimum atomic E-state index is -0.294. The van der Waals surface area contributed by atoms with Crippen molar-refractivity contribution >= 4 is 45.2 Å². The molecule has 2 aromatic carbocycles. The van der Waals surface area contributed by atoms with Gasteiger partial charge in [0, 0.05) is 11.0 Å². The molecule has 0 spiro atoms. The first-order valence-electron chi connectivity index (χ1n) is 8.52. The Morgan fingerprint density at radius 2 is 1.96 bits per heavy atom. The Bertz CT molecular complexity index is 947. The Hall–Kier alpha value is -2.45. The molecule has 3 rings (SSSR count). The number of hydrogen-bond acceptors (Lipinski definition) is 4. The summed E-state index contributed by atoms with van der Waals surface area (Å²) in [5.74, 6) is 0.572. The van der Waals surface area contributed by atoms with Crippen molar-refractivity contribution in [3.8, 4) is 11.5 Å². The van der Waals surface area contributed by atoms with E-state index in [2.05, 4.69) is 21.2 Å². The Morgan fingerprint density at radius 3 is 2.57 bits per heavy atom. The van der Waals surface area contributed by atoms with E-state index < -0.39 is 0 Å². The molecular weight excluding hydrogens is 447 g/mol. The maximum Gasteiger partial charge on any atom is 0.276 e. The van der Waals surface area contributed by atoms with E-state index in [9.17, 15) is 9.18 Å². The quantitative estimate of drug-likeness (QED) is 0.511. The number of rotatable bonds is 6. The Balaban J connectivity index is 1.83. The number of thiocarbonyl (C=S) groups is 1. The van der Waals surface area contributed by atoms with Crippen molar-refractivity contribution in [2.45, 2.75) is 13.5 Å². The SMILES string of the molecule is CCN1C(=O)/C(=C/c2cc(OC)c(OCc3ccc(F)cc3)cc2Br)NC1=S. The van der Waals surface area contributed by atoms with Gasteiger partial charge >= 0.3 is 0 Å². The molecule has 2 aromatic rings. The second-order valence-electron chi connectivity index (χ2n) is 5.98. The van der Waals surface area contributed by atoms with Crippen LogP contribution in [0.5, 0.6) is 11.5 Å². The van der Waals surface area contributed by atoms with Crippen molar-refractivity contribution in [1.82, 2.24) is 10.2 Å². The molecule has 8 heteroatoms. The van der Waals surface area contributed by atoms with Crippen LogP contribution in [-0.2, 0) is 11.4 Å². The van der Waals surface area contributed by atoms with Crippen LogP contribution in [0.15, 0.2) is 46.6 Å². The molecule has 0 unspecified atom stereocenters. The molecule has 1 fully saturated rings. The van der Waals surface area contributed by atoms with Gasteiger partial charge < -0.3 is 14.8 Å². The molecule has 1 aliphatic rings. The van der Waals surface area contributed by atoms with Crippen molar-refractivity contribution in [2.24, 2.45) is 0 Å². The van der Waals surface area contributed by atoms with Gasteiger partial charge in [-0.3, -0.25) is 9.69 Å². The number of nitrogens with zero attached hydrogens (tertiary/aromatic N) is 1. The summed E-state index contributed by atoms with van der Waals surface area (Å²) >= 11 is 8.68. The fourth-order valence-corrected chi connectivity index (χ4v) is 3.45. The standard InChI is InChI=1S/C20H18BrFN2O3S/c1-3-24-19(25)16(23-20(24)28)8-13-9-17(26-2)18(10-15(13)21)27-11-12-4-6-14(22)7-5-12/h4-10H,3,11H2,1-2H3,(H,23,28)/b16-8-. The maximum atomic E-state index is 13.0. The van der Waals surface area contributed by atoms with Crippen molar-refractivity contribution in [2.75, 3.05) is 13.7 Å². The smallest absolute Gasteiger partial charge is 0.276 e. The predicted octanol–water partition coefficient (Wildman–Crippen LogP) is 4.25. The third-order valence-corrected chi connectivity index (χ3v) is 5.18. The van der Waals surface area contributed by atoms with Crippen LogP contribution in [0.4, 0.5) is 4.39 Å². The van der Waals surface area contributed by atoms with Gasteiger partial charge in [0.15, 0.2) is 16.6 Å². The van der Waals surface area contributed by atoms with Gasteiger partial charge in [0.2, 0.25) is 0 Å². The zero-order valence-electron chi connectivity index (χ0n) is 15.3. The Morgan fingerprint density at radius 1 is 1.25 bits per heavy atom. The van der Waals surface area contributed by atoms with Gasteiger partial charge in [-0.05, 0) is 60.6 Å². The van der Waals surface area contributed by atoms with E-state index in [0.29, 0.717) is 28.9 Å². The highest BCUT2D eigenvalue weighted by Gasteiger charge is 2.29. The first-order valence-corrected chi connectivity index (χ1v) is 9.72. The zero-order chi connectivity index (χ0) is 20.3. The summed E-state index contributed by atoms with van der Waals surface area (Å²) in [6, 6.07) is 9.63. The fraction of sp³-hybridized carbons (Fsp3) is 0.200. The second kappa shape index (κ2) is 8.70. The fourth-order valence-electron chi connectivity index (χ4n) is 2.69. The Labute approximate surface area is 176 Å². The molecule has 0 atom stereocenters. The summed E-state index contributed by atoms with van der Waals surface area (Å²) in [6.07, 6.45) is 1.71. The molecule has 0 saturated carbocycles. The van der Waals surface area contributed by atoms with Crippen molar-refractivity contribution in [3.05, 3.63) is 63.5 Å². The number of hydrogen-bond donors (Lipinski definition) is 1. The first-order chi connectivity index (χ1) is 13.4. The topological polar surface area (TPSA) is 50.8 Å². The zero-order valence-corrected chi connectivity index (χ0v) is 17.7. The molecule has 0 bridgehead atoms. The number of methoxy groups -OCH3 is 1. The number of halogens is 2. The lowest BCUT2D eigenvalue weighted by molar-refractivity contribution is -0.122. The minimum absolute atomic E-state index is 0.171. The van der Waals surface area contributed by atoms with E-state index in [4.69, 9.17) is 21.7 Å². The van der Waals surface area contributed by atoms with Gasteiger partial charge in [0.05, 0.1) is 7.11 Å². The van der Waals surface area contributed by atoms with E-state index in [1.54, 1.807) is 30.3 Å². The largest absolute Gasteiger partial charge is 0.493 e. The summed E-state index contributed by atoms with van der Waals surface area (Å²) in [6.45, 7) is 2.63. The van der Waals surface area contributed by atoms with Gasteiger partial charge in [-0.1, -0.05) is 28.1 Å². The molecule has 1 N–H and O–H groups in total. The third-order valence-electron chi connectivity index (χ3n) is 4.17. The van der Waals surface area contributed by atoms with Crippen molar-refractivity contribution in [1.29, 1.82) is 0 Å². The van der Waals surface area contributed by atoms with Crippen LogP contribution >= 0.6 is 28.1 Å². The summed E-state index contributed by atoms with van der Waals surface area (Å²) in [4.78, 5) is 13.9. The van der Waals surface area contributed by atoms with Crippen LogP contribution < -0.4 is 14.8 Å². The number of amides is 1. The van der Waals surface area contributed by atoms with Crippen LogP contribution in [-0.4, -0.2) is 29.6 Å². The monoisotopic (exact) mass is 464 g/mol. The van der Waals surface area contributed by atoms with E-state index in [-0.39, 0.29) is 18.3 Å². The summed E-state index contributed by atoms with van der Waals surface area (Å²) < 4.78 is 25.0. The van der Waals surface area contributed by atoms with Crippen molar-refractivity contribution in [3.63, 3.8) is 0 Å². The molecule has 1 saturated heterocycles. The normalized spacial score (nSPS) is 15.1. The van der Waals surface area contributed by atoms with Crippen molar-refractivity contribution < 1.29 is 18.7 Å². The molecule has 0 aliphatic carbocycles. The number of ether oxygens (including phenoxy) is 2. The van der Waals surface area contributed by atoms with Crippen LogP contribution in [0.2, 0.25) is 0 Å². The second-order valence-corrected chi connectivity index (χ2v) is 7.22. The molecule has 0 aromatic heterocycles. The molecular formula is C20H18BrFN2O3S. The lowest BCUT2D eigenvalue weighted by Gasteiger charge is -2.13. The van der Waals surface area contributed by atoms with Gasteiger partial charge in [-0.2, -0.15) is 0 Å². The average Bonchev–Trinajstić information content (AvgIpc) is 2.95. The van der Waals surface area contributed by atoms with E-state index in [1.807, 2.05) is 6.92 Å². The minimum Gasteiger partial charge on any atom is -0.493 e. The first kappa shape index (κ1) is 20.3.